The molecular formula is C12H15NO2. The Balaban J connectivity index is 2.13. The van der Waals surface area contributed by atoms with Crippen molar-refractivity contribution in [1.82, 2.24) is 4.90 Å². The monoisotopic (exact) mass is 205 g/mol. The molecule has 1 aliphatic rings. The molecule has 0 radical (unpaired) electrons. The van der Waals surface area contributed by atoms with Crippen LogP contribution < -0.4 is 0 Å². The molecule has 0 unspecified atom stereocenters. The SMILES string of the molecule is C[C@H]1COCCN1C(=O)c1ccccc1. The molecule has 0 aromatic heterocycles. The van der Waals surface area contributed by atoms with Gasteiger partial charge in [0.2, 0.25) is 0 Å². The maximum Gasteiger partial charge on any atom is 0.254 e. The van der Waals surface area contributed by atoms with Crippen molar-refractivity contribution in [2.45, 2.75) is 13.0 Å². The third-order valence-electron chi connectivity index (χ3n) is 2.65. The average Bonchev–Trinajstić information content (AvgIpc) is 2.30. The standard InChI is InChI=1S/C12H15NO2/c1-10-9-15-8-7-13(10)12(14)11-5-3-2-4-6-11/h2-6,10H,7-9H2,1H3/t10-/m0/s1. The smallest absolute Gasteiger partial charge is 0.254 e. The molecule has 1 heterocycles. The van der Waals surface area contributed by atoms with E-state index in [1.807, 2.05) is 42.2 Å². The van der Waals surface area contributed by atoms with Gasteiger partial charge in [0, 0.05) is 12.1 Å². The molecule has 2 rings (SSSR count). The molecular weight excluding hydrogens is 190 g/mol. The largest absolute Gasteiger partial charge is 0.377 e. The molecule has 1 atom stereocenters. The zero-order valence-electron chi connectivity index (χ0n) is 8.85. The summed E-state index contributed by atoms with van der Waals surface area (Å²) in [6.07, 6.45) is 0. The third kappa shape index (κ3) is 2.18. The second kappa shape index (κ2) is 4.45. The van der Waals surface area contributed by atoms with E-state index < -0.39 is 0 Å². The molecule has 3 heteroatoms. The highest BCUT2D eigenvalue weighted by Gasteiger charge is 2.24. The van der Waals surface area contributed by atoms with Crippen molar-refractivity contribution in [1.29, 1.82) is 0 Å². The van der Waals surface area contributed by atoms with Crippen molar-refractivity contribution >= 4 is 5.91 Å². The second-order valence-corrected chi connectivity index (χ2v) is 3.79. The molecule has 1 amide bonds. The molecule has 1 fully saturated rings. The topological polar surface area (TPSA) is 29.5 Å². The van der Waals surface area contributed by atoms with Crippen LogP contribution in [0.25, 0.3) is 0 Å². The van der Waals surface area contributed by atoms with Crippen LogP contribution in [0.4, 0.5) is 0 Å². The summed E-state index contributed by atoms with van der Waals surface area (Å²) in [6.45, 7) is 3.98. The van der Waals surface area contributed by atoms with Crippen LogP contribution in [0, 0.1) is 0 Å². The number of hydrogen-bond acceptors (Lipinski definition) is 2. The van der Waals surface area contributed by atoms with Crippen LogP contribution in [-0.4, -0.2) is 36.6 Å². The first kappa shape index (κ1) is 10.2. The molecule has 0 spiro atoms. The van der Waals surface area contributed by atoms with Crippen molar-refractivity contribution in [3.8, 4) is 0 Å². The molecule has 1 aromatic carbocycles. The average molecular weight is 205 g/mol. The Morgan fingerprint density at radius 3 is 2.80 bits per heavy atom. The molecule has 15 heavy (non-hydrogen) atoms. The molecule has 1 aliphatic heterocycles. The Morgan fingerprint density at radius 1 is 1.40 bits per heavy atom. The predicted molar refractivity (Wildman–Crippen MR) is 57.8 cm³/mol. The number of morpholine rings is 1. The zero-order valence-corrected chi connectivity index (χ0v) is 8.85. The lowest BCUT2D eigenvalue weighted by atomic mass is 10.1. The van der Waals surface area contributed by atoms with Crippen molar-refractivity contribution in [2.75, 3.05) is 19.8 Å². The predicted octanol–water partition coefficient (Wildman–Crippen LogP) is 1.55. The Labute approximate surface area is 89.7 Å². The van der Waals surface area contributed by atoms with Crippen LogP contribution in [0.2, 0.25) is 0 Å². The zero-order chi connectivity index (χ0) is 10.7. The Morgan fingerprint density at radius 2 is 2.13 bits per heavy atom. The fraction of sp³-hybridized carbons (Fsp3) is 0.417. The maximum atomic E-state index is 12.1. The lowest BCUT2D eigenvalue weighted by Gasteiger charge is -2.33. The van der Waals surface area contributed by atoms with Gasteiger partial charge in [-0.2, -0.15) is 0 Å². The molecule has 1 aromatic rings. The number of benzene rings is 1. The van der Waals surface area contributed by atoms with Crippen molar-refractivity contribution < 1.29 is 9.53 Å². The molecule has 0 N–H and O–H groups in total. The molecule has 3 nitrogen and oxygen atoms in total. The number of carbonyl (C=O) groups excluding carboxylic acids is 1. The van der Waals surface area contributed by atoms with Crippen LogP contribution in [0.5, 0.6) is 0 Å². The van der Waals surface area contributed by atoms with Crippen molar-refractivity contribution in [3.63, 3.8) is 0 Å². The van der Waals surface area contributed by atoms with Gasteiger partial charge in [-0.3, -0.25) is 4.79 Å². The number of carbonyl (C=O) groups is 1. The molecule has 1 saturated heterocycles. The van der Waals surface area contributed by atoms with Gasteiger partial charge in [-0.05, 0) is 19.1 Å². The number of hydrogen-bond donors (Lipinski definition) is 0. The Kier molecular flexibility index (Phi) is 3.02. The first-order chi connectivity index (χ1) is 7.29. The molecule has 0 saturated carbocycles. The van der Waals surface area contributed by atoms with Gasteiger partial charge in [0.1, 0.15) is 0 Å². The van der Waals surface area contributed by atoms with Crippen molar-refractivity contribution in [3.05, 3.63) is 35.9 Å². The number of amides is 1. The van der Waals surface area contributed by atoms with Crippen molar-refractivity contribution in [2.24, 2.45) is 0 Å². The second-order valence-electron chi connectivity index (χ2n) is 3.79. The minimum atomic E-state index is 0.103. The lowest BCUT2D eigenvalue weighted by molar-refractivity contribution is 0.00359. The van der Waals surface area contributed by atoms with E-state index in [0.29, 0.717) is 19.8 Å². The number of nitrogens with zero attached hydrogens (tertiary/aromatic N) is 1. The van der Waals surface area contributed by atoms with Crippen LogP contribution in [0.3, 0.4) is 0 Å². The summed E-state index contributed by atoms with van der Waals surface area (Å²) in [7, 11) is 0. The first-order valence-electron chi connectivity index (χ1n) is 5.23. The van der Waals surface area contributed by atoms with Gasteiger partial charge in [-0.1, -0.05) is 18.2 Å². The van der Waals surface area contributed by atoms with E-state index in [1.54, 1.807) is 0 Å². The normalized spacial score (nSPS) is 21.4. The van der Waals surface area contributed by atoms with Gasteiger partial charge in [-0.15, -0.1) is 0 Å². The molecule has 80 valence electrons. The minimum Gasteiger partial charge on any atom is -0.377 e. The van der Waals surface area contributed by atoms with Crippen LogP contribution in [-0.2, 0) is 4.74 Å². The van der Waals surface area contributed by atoms with Crippen LogP contribution >= 0.6 is 0 Å². The summed E-state index contributed by atoms with van der Waals surface area (Å²) >= 11 is 0. The lowest BCUT2D eigenvalue weighted by Crippen LogP contribution is -2.47. The summed E-state index contributed by atoms with van der Waals surface area (Å²) < 4.78 is 5.30. The summed E-state index contributed by atoms with van der Waals surface area (Å²) in [5.41, 5.74) is 0.756. The van der Waals surface area contributed by atoms with E-state index >= 15 is 0 Å². The van der Waals surface area contributed by atoms with E-state index in [2.05, 4.69) is 0 Å². The van der Waals surface area contributed by atoms with Gasteiger partial charge >= 0.3 is 0 Å². The van der Waals surface area contributed by atoms with E-state index in [0.717, 1.165) is 5.56 Å². The van der Waals surface area contributed by atoms with Gasteiger partial charge in [0.25, 0.3) is 5.91 Å². The third-order valence-corrected chi connectivity index (χ3v) is 2.65. The quantitative estimate of drug-likeness (QED) is 0.696. The van der Waals surface area contributed by atoms with Crippen LogP contribution in [0.15, 0.2) is 30.3 Å². The number of rotatable bonds is 1. The van der Waals surface area contributed by atoms with Gasteiger partial charge < -0.3 is 9.64 Å². The Hall–Kier alpha value is -1.35. The molecule has 0 aliphatic carbocycles. The van der Waals surface area contributed by atoms with Crippen LogP contribution in [0.1, 0.15) is 17.3 Å². The fourth-order valence-corrected chi connectivity index (χ4v) is 1.78. The summed E-state index contributed by atoms with van der Waals surface area (Å²) in [5, 5.41) is 0. The first-order valence-corrected chi connectivity index (χ1v) is 5.23. The summed E-state index contributed by atoms with van der Waals surface area (Å²) in [4.78, 5) is 14.0. The van der Waals surface area contributed by atoms with Gasteiger partial charge in [-0.25, -0.2) is 0 Å². The van der Waals surface area contributed by atoms with E-state index in [9.17, 15) is 4.79 Å². The highest BCUT2D eigenvalue weighted by Crippen LogP contribution is 2.11. The summed E-state index contributed by atoms with van der Waals surface area (Å²) in [5.74, 6) is 0.103. The highest BCUT2D eigenvalue weighted by atomic mass is 16.5. The van der Waals surface area contributed by atoms with E-state index in [1.165, 1.54) is 0 Å². The minimum absolute atomic E-state index is 0.103. The summed E-state index contributed by atoms with van der Waals surface area (Å²) in [6, 6.07) is 9.57. The highest BCUT2D eigenvalue weighted by molar-refractivity contribution is 5.94. The molecule has 0 bridgehead atoms. The van der Waals surface area contributed by atoms with Gasteiger partial charge in [0.15, 0.2) is 0 Å². The van der Waals surface area contributed by atoms with E-state index in [4.69, 9.17) is 4.74 Å². The fourth-order valence-electron chi connectivity index (χ4n) is 1.78. The Bertz CT molecular complexity index is 337. The maximum absolute atomic E-state index is 12.1. The van der Waals surface area contributed by atoms with E-state index in [-0.39, 0.29) is 11.9 Å². The number of ether oxygens (including phenoxy) is 1. The van der Waals surface area contributed by atoms with Gasteiger partial charge in [0.05, 0.1) is 19.3 Å².